The fourth-order valence-corrected chi connectivity index (χ4v) is 2.93. The van der Waals surface area contributed by atoms with Crippen molar-refractivity contribution in [2.24, 2.45) is 5.73 Å². The van der Waals surface area contributed by atoms with E-state index in [0.717, 1.165) is 16.8 Å². The van der Waals surface area contributed by atoms with E-state index in [1.165, 1.54) is 23.5 Å². The first-order valence-electron chi connectivity index (χ1n) is 6.43. The molecule has 5 heteroatoms. The van der Waals surface area contributed by atoms with Crippen LogP contribution in [0.1, 0.15) is 43.1 Å². The minimum absolute atomic E-state index is 0.0249. The van der Waals surface area contributed by atoms with E-state index in [-0.39, 0.29) is 11.0 Å². The highest BCUT2D eigenvalue weighted by Crippen LogP contribution is 2.27. The zero-order valence-electron chi connectivity index (χ0n) is 11.8. The quantitative estimate of drug-likeness (QED) is 0.931. The van der Waals surface area contributed by atoms with Crippen LogP contribution < -0.4 is 5.73 Å². The lowest BCUT2D eigenvalue weighted by atomic mass is 9.93. The zero-order valence-corrected chi connectivity index (χ0v) is 12.6. The minimum Gasteiger partial charge on any atom is -0.324 e. The summed E-state index contributed by atoms with van der Waals surface area (Å²) >= 11 is 1.50. The summed E-state index contributed by atoms with van der Waals surface area (Å²) in [5.41, 5.74) is 7.13. The molecule has 2 rings (SSSR count). The largest absolute Gasteiger partial charge is 0.324 e. The third-order valence-corrected chi connectivity index (χ3v) is 3.97. The van der Waals surface area contributed by atoms with Gasteiger partial charge in [-0.05, 0) is 6.07 Å². The Morgan fingerprint density at radius 1 is 1.30 bits per heavy atom. The van der Waals surface area contributed by atoms with E-state index < -0.39 is 17.7 Å². The Labute approximate surface area is 121 Å². The number of aromatic nitrogens is 1. The predicted octanol–water partition coefficient (Wildman–Crippen LogP) is 3.96. The van der Waals surface area contributed by atoms with Gasteiger partial charge in [0.2, 0.25) is 0 Å². The molecule has 20 heavy (non-hydrogen) atoms. The summed E-state index contributed by atoms with van der Waals surface area (Å²) in [6.45, 7) is 6.24. The van der Waals surface area contributed by atoms with Gasteiger partial charge in [0.1, 0.15) is 0 Å². The van der Waals surface area contributed by atoms with Gasteiger partial charge in [-0.25, -0.2) is 13.8 Å². The van der Waals surface area contributed by atoms with Crippen molar-refractivity contribution in [3.05, 3.63) is 51.5 Å². The third-order valence-electron chi connectivity index (χ3n) is 3.10. The van der Waals surface area contributed by atoms with Crippen LogP contribution in [-0.4, -0.2) is 4.98 Å². The van der Waals surface area contributed by atoms with E-state index in [2.05, 4.69) is 25.8 Å². The van der Waals surface area contributed by atoms with Crippen LogP contribution in [-0.2, 0) is 11.8 Å². The Bertz CT molecular complexity index is 602. The molecule has 0 aliphatic heterocycles. The number of thiazole rings is 1. The van der Waals surface area contributed by atoms with Crippen LogP contribution in [0.4, 0.5) is 8.78 Å². The number of hydrogen-bond donors (Lipinski definition) is 1. The molecule has 1 aromatic carbocycles. The van der Waals surface area contributed by atoms with Crippen molar-refractivity contribution in [3.63, 3.8) is 0 Å². The van der Waals surface area contributed by atoms with Gasteiger partial charge in [-0.1, -0.05) is 32.9 Å². The Hall–Kier alpha value is -1.33. The summed E-state index contributed by atoms with van der Waals surface area (Å²) in [5.74, 6) is -1.74. The van der Waals surface area contributed by atoms with Crippen LogP contribution in [0.3, 0.4) is 0 Å². The maximum absolute atomic E-state index is 13.7. The number of nitrogens with zero attached hydrogens (tertiary/aromatic N) is 1. The molecule has 0 saturated heterocycles. The van der Waals surface area contributed by atoms with Crippen molar-refractivity contribution >= 4 is 11.3 Å². The molecule has 0 radical (unpaired) electrons. The van der Waals surface area contributed by atoms with Crippen LogP contribution in [0.2, 0.25) is 0 Å². The standard InChI is InChI=1S/C15H18F2N2S/c1-15(2,3)12-8-20-13(19-12)7-11(18)9-5-4-6-10(16)14(9)17/h4-6,8,11H,7,18H2,1-3H3. The van der Waals surface area contributed by atoms with E-state index in [1.807, 2.05) is 5.38 Å². The van der Waals surface area contributed by atoms with Crippen LogP contribution in [0.25, 0.3) is 0 Å². The summed E-state index contributed by atoms with van der Waals surface area (Å²) in [5, 5.41) is 2.83. The molecule has 2 nitrogen and oxygen atoms in total. The molecule has 0 saturated carbocycles. The topological polar surface area (TPSA) is 38.9 Å². The molecule has 0 spiro atoms. The highest BCUT2D eigenvalue weighted by atomic mass is 32.1. The number of benzene rings is 1. The lowest BCUT2D eigenvalue weighted by molar-refractivity contribution is 0.487. The summed E-state index contributed by atoms with van der Waals surface area (Å²) in [4.78, 5) is 4.52. The van der Waals surface area contributed by atoms with Gasteiger partial charge < -0.3 is 5.73 Å². The van der Waals surface area contributed by atoms with Gasteiger partial charge in [0, 0.05) is 28.8 Å². The molecule has 108 valence electrons. The maximum Gasteiger partial charge on any atom is 0.163 e. The summed E-state index contributed by atoms with van der Waals surface area (Å²) in [7, 11) is 0. The van der Waals surface area contributed by atoms with Crippen LogP contribution in [0.15, 0.2) is 23.6 Å². The number of halogens is 2. The first-order chi connectivity index (χ1) is 9.29. The number of rotatable bonds is 3. The van der Waals surface area contributed by atoms with Crippen LogP contribution >= 0.6 is 11.3 Å². The Balaban J connectivity index is 2.18. The molecule has 1 heterocycles. The molecule has 2 aromatic rings. The fraction of sp³-hybridized carbons (Fsp3) is 0.400. The number of nitrogens with two attached hydrogens (primary N) is 1. The molecule has 0 fully saturated rings. The molecule has 0 bridgehead atoms. The van der Waals surface area contributed by atoms with Crippen molar-refractivity contribution < 1.29 is 8.78 Å². The zero-order chi connectivity index (χ0) is 14.9. The fourth-order valence-electron chi connectivity index (χ4n) is 1.85. The van der Waals surface area contributed by atoms with E-state index in [9.17, 15) is 8.78 Å². The van der Waals surface area contributed by atoms with E-state index in [1.54, 1.807) is 0 Å². The second kappa shape index (κ2) is 5.58. The molecule has 0 aliphatic rings. The Kier molecular flexibility index (Phi) is 4.20. The second-order valence-electron chi connectivity index (χ2n) is 5.83. The van der Waals surface area contributed by atoms with Gasteiger partial charge in [-0.15, -0.1) is 11.3 Å². The van der Waals surface area contributed by atoms with Gasteiger partial charge >= 0.3 is 0 Å². The van der Waals surface area contributed by atoms with E-state index in [0.29, 0.717) is 6.42 Å². The normalized spacial score (nSPS) is 13.5. The van der Waals surface area contributed by atoms with Crippen LogP contribution in [0, 0.1) is 11.6 Å². The average Bonchev–Trinajstić information content (AvgIpc) is 2.81. The molecular formula is C15H18F2N2S. The first-order valence-corrected chi connectivity index (χ1v) is 7.31. The number of hydrogen-bond acceptors (Lipinski definition) is 3. The predicted molar refractivity (Wildman–Crippen MR) is 77.8 cm³/mol. The van der Waals surface area contributed by atoms with Crippen LogP contribution in [0.5, 0.6) is 0 Å². The van der Waals surface area contributed by atoms with Gasteiger partial charge in [0.05, 0.1) is 10.7 Å². The molecule has 0 amide bonds. The van der Waals surface area contributed by atoms with Gasteiger partial charge in [0.25, 0.3) is 0 Å². The molecule has 0 aliphatic carbocycles. The van der Waals surface area contributed by atoms with Gasteiger partial charge in [0.15, 0.2) is 11.6 Å². The van der Waals surface area contributed by atoms with Crippen molar-refractivity contribution in [3.8, 4) is 0 Å². The highest BCUT2D eigenvalue weighted by Gasteiger charge is 2.20. The Morgan fingerprint density at radius 2 is 2.00 bits per heavy atom. The van der Waals surface area contributed by atoms with Crippen molar-refractivity contribution in [2.45, 2.75) is 38.6 Å². The van der Waals surface area contributed by atoms with Crippen molar-refractivity contribution in [1.29, 1.82) is 0 Å². The second-order valence-corrected chi connectivity index (χ2v) is 6.77. The van der Waals surface area contributed by atoms with Crippen molar-refractivity contribution in [2.75, 3.05) is 0 Å². The van der Waals surface area contributed by atoms with E-state index >= 15 is 0 Å². The SMILES string of the molecule is CC(C)(C)c1csc(CC(N)c2cccc(F)c2F)n1. The van der Waals surface area contributed by atoms with Crippen molar-refractivity contribution in [1.82, 2.24) is 4.98 Å². The Morgan fingerprint density at radius 3 is 2.60 bits per heavy atom. The minimum atomic E-state index is -0.868. The average molecular weight is 296 g/mol. The summed E-state index contributed by atoms with van der Waals surface area (Å²) in [6.07, 6.45) is 0.404. The smallest absolute Gasteiger partial charge is 0.163 e. The van der Waals surface area contributed by atoms with Gasteiger partial charge in [-0.2, -0.15) is 0 Å². The molecule has 1 unspecified atom stereocenters. The summed E-state index contributed by atoms with van der Waals surface area (Å²) < 4.78 is 26.9. The monoisotopic (exact) mass is 296 g/mol. The molecule has 1 aromatic heterocycles. The molecule has 2 N–H and O–H groups in total. The maximum atomic E-state index is 13.7. The summed E-state index contributed by atoms with van der Waals surface area (Å²) in [6, 6.07) is 3.48. The molecule has 1 atom stereocenters. The van der Waals surface area contributed by atoms with Gasteiger partial charge in [-0.3, -0.25) is 0 Å². The lowest BCUT2D eigenvalue weighted by Crippen LogP contribution is -2.16. The first kappa shape index (κ1) is 15.1. The van der Waals surface area contributed by atoms with E-state index in [4.69, 9.17) is 5.73 Å². The third kappa shape index (κ3) is 3.22. The lowest BCUT2D eigenvalue weighted by Gasteiger charge is -2.15. The molecular weight excluding hydrogens is 278 g/mol. The highest BCUT2D eigenvalue weighted by molar-refractivity contribution is 7.09.